The monoisotopic (exact) mass is 271 g/mol. The third-order valence-corrected chi connectivity index (χ3v) is 3.87. The number of nitrogens with one attached hydrogen (secondary N) is 1. The van der Waals surface area contributed by atoms with Crippen molar-refractivity contribution in [3.05, 3.63) is 35.8 Å². The van der Waals surface area contributed by atoms with E-state index in [2.05, 4.69) is 37.8 Å². The molecule has 0 saturated carbocycles. The molecule has 1 N–H and O–H groups in total. The topological polar surface area (TPSA) is 57.7 Å². The van der Waals surface area contributed by atoms with Crippen LogP contribution >= 0.6 is 0 Å². The van der Waals surface area contributed by atoms with Gasteiger partial charge in [-0.15, -0.1) is 0 Å². The Balaban J connectivity index is 1.95. The maximum atomic E-state index is 4.64. The zero-order valence-electron chi connectivity index (χ0n) is 12.1. The minimum absolute atomic E-state index is 0.303. The van der Waals surface area contributed by atoms with Gasteiger partial charge in [-0.1, -0.05) is 6.92 Å². The molecule has 2 aromatic heterocycles. The average Bonchev–Trinajstić information content (AvgIpc) is 3.00. The van der Waals surface area contributed by atoms with E-state index in [0.717, 1.165) is 42.5 Å². The number of aromatic amines is 1. The maximum absolute atomic E-state index is 4.64. The molecule has 0 spiro atoms. The van der Waals surface area contributed by atoms with Crippen LogP contribution in [0.2, 0.25) is 0 Å². The Morgan fingerprint density at radius 2 is 2.25 bits per heavy atom. The van der Waals surface area contributed by atoms with Crippen molar-refractivity contribution in [1.82, 2.24) is 19.9 Å². The van der Waals surface area contributed by atoms with E-state index in [1.54, 1.807) is 0 Å². The van der Waals surface area contributed by atoms with Gasteiger partial charge in [0.1, 0.15) is 17.5 Å². The molecular weight excluding hydrogens is 250 g/mol. The van der Waals surface area contributed by atoms with Gasteiger partial charge < -0.3 is 9.88 Å². The van der Waals surface area contributed by atoms with Crippen LogP contribution < -0.4 is 4.90 Å². The molecule has 1 unspecified atom stereocenters. The fraction of sp³-hybridized carbons (Fsp3) is 0.533. The number of H-pyrrole nitrogens is 1. The standard InChI is InChI=1S/C15H21N5/c1-3-12-10-14(19-11(2)18-12)20-9-5-4-6-13(20)15-16-7-8-17-15/h7-8,10,13H,3-6,9H2,1-2H3,(H,16,17). The van der Waals surface area contributed by atoms with E-state index in [4.69, 9.17) is 0 Å². The summed E-state index contributed by atoms with van der Waals surface area (Å²) < 4.78 is 0. The van der Waals surface area contributed by atoms with Gasteiger partial charge in [0.2, 0.25) is 0 Å². The van der Waals surface area contributed by atoms with Crippen molar-refractivity contribution in [2.45, 2.75) is 45.6 Å². The molecule has 0 bridgehead atoms. The summed E-state index contributed by atoms with van der Waals surface area (Å²) in [6.07, 6.45) is 8.23. The highest BCUT2D eigenvalue weighted by molar-refractivity contribution is 5.42. The first-order chi connectivity index (χ1) is 9.78. The minimum atomic E-state index is 0.303. The highest BCUT2D eigenvalue weighted by Crippen LogP contribution is 2.32. The summed E-state index contributed by atoms with van der Waals surface area (Å²) >= 11 is 0. The zero-order chi connectivity index (χ0) is 13.9. The summed E-state index contributed by atoms with van der Waals surface area (Å²) in [5.41, 5.74) is 1.11. The van der Waals surface area contributed by atoms with Crippen LogP contribution in [0.4, 0.5) is 5.82 Å². The molecule has 1 fully saturated rings. The first-order valence-corrected chi connectivity index (χ1v) is 7.38. The smallest absolute Gasteiger partial charge is 0.133 e. The molecule has 106 valence electrons. The van der Waals surface area contributed by atoms with Gasteiger partial charge in [-0.05, 0) is 32.6 Å². The van der Waals surface area contributed by atoms with E-state index < -0.39 is 0 Å². The van der Waals surface area contributed by atoms with E-state index in [1.165, 1.54) is 12.8 Å². The van der Waals surface area contributed by atoms with Crippen molar-refractivity contribution < 1.29 is 0 Å². The molecule has 5 nitrogen and oxygen atoms in total. The second-order valence-electron chi connectivity index (χ2n) is 5.30. The first-order valence-electron chi connectivity index (χ1n) is 7.38. The van der Waals surface area contributed by atoms with Crippen molar-refractivity contribution in [3.63, 3.8) is 0 Å². The van der Waals surface area contributed by atoms with E-state index in [0.29, 0.717) is 6.04 Å². The molecule has 1 aliphatic heterocycles. The second-order valence-corrected chi connectivity index (χ2v) is 5.30. The SMILES string of the molecule is CCc1cc(N2CCCCC2c2ncc[nH]2)nc(C)n1. The molecule has 3 heterocycles. The van der Waals surface area contributed by atoms with E-state index in [-0.39, 0.29) is 0 Å². The van der Waals surface area contributed by atoms with Crippen LogP contribution in [-0.4, -0.2) is 26.5 Å². The van der Waals surface area contributed by atoms with Crippen molar-refractivity contribution >= 4 is 5.82 Å². The van der Waals surface area contributed by atoms with Gasteiger partial charge in [0.15, 0.2) is 0 Å². The van der Waals surface area contributed by atoms with Crippen molar-refractivity contribution in [2.75, 3.05) is 11.4 Å². The highest BCUT2D eigenvalue weighted by atomic mass is 15.2. The normalized spacial score (nSPS) is 19.3. The van der Waals surface area contributed by atoms with Crippen LogP contribution in [0.5, 0.6) is 0 Å². The predicted octanol–water partition coefficient (Wildman–Crippen LogP) is 2.80. The summed E-state index contributed by atoms with van der Waals surface area (Å²) in [6.45, 7) is 5.13. The van der Waals surface area contributed by atoms with Crippen molar-refractivity contribution in [1.29, 1.82) is 0 Å². The van der Waals surface area contributed by atoms with Crippen molar-refractivity contribution in [2.24, 2.45) is 0 Å². The van der Waals surface area contributed by atoms with E-state index in [1.807, 2.05) is 19.3 Å². The van der Waals surface area contributed by atoms with Gasteiger partial charge in [-0.3, -0.25) is 0 Å². The minimum Gasteiger partial charge on any atom is -0.347 e. The molecular formula is C15H21N5. The number of rotatable bonds is 3. The summed E-state index contributed by atoms with van der Waals surface area (Å²) in [5.74, 6) is 2.93. The summed E-state index contributed by atoms with van der Waals surface area (Å²) in [4.78, 5) is 19.2. The number of aryl methyl sites for hydroxylation is 2. The number of hydrogen-bond acceptors (Lipinski definition) is 4. The van der Waals surface area contributed by atoms with Gasteiger partial charge in [-0.2, -0.15) is 0 Å². The average molecular weight is 271 g/mol. The van der Waals surface area contributed by atoms with Crippen LogP contribution in [0.15, 0.2) is 18.5 Å². The van der Waals surface area contributed by atoms with Crippen LogP contribution in [0.3, 0.4) is 0 Å². The van der Waals surface area contributed by atoms with Gasteiger partial charge in [0.05, 0.1) is 6.04 Å². The van der Waals surface area contributed by atoms with E-state index >= 15 is 0 Å². The highest BCUT2D eigenvalue weighted by Gasteiger charge is 2.27. The van der Waals surface area contributed by atoms with Crippen molar-refractivity contribution in [3.8, 4) is 0 Å². The lowest BCUT2D eigenvalue weighted by atomic mass is 10.0. The molecule has 1 aliphatic rings. The van der Waals surface area contributed by atoms with E-state index in [9.17, 15) is 0 Å². The molecule has 1 saturated heterocycles. The predicted molar refractivity (Wildman–Crippen MR) is 78.7 cm³/mol. The number of piperidine rings is 1. The zero-order valence-corrected chi connectivity index (χ0v) is 12.1. The second kappa shape index (κ2) is 5.61. The fourth-order valence-electron chi connectivity index (χ4n) is 2.89. The van der Waals surface area contributed by atoms with Gasteiger partial charge in [0, 0.05) is 30.7 Å². The molecule has 0 radical (unpaired) electrons. The molecule has 0 aromatic carbocycles. The number of nitrogens with zero attached hydrogens (tertiary/aromatic N) is 4. The Hall–Kier alpha value is -1.91. The molecule has 2 aromatic rings. The lowest BCUT2D eigenvalue weighted by molar-refractivity contribution is 0.454. The lowest BCUT2D eigenvalue weighted by Crippen LogP contribution is -2.35. The van der Waals surface area contributed by atoms with Gasteiger partial charge >= 0.3 is 0 Å². The first kappa shape index (κ1) is 13.1. The molecule has 1 atom stereocenters. The van der Waals surface area contributed by atoms with Crippen LogP contribution in [-0.2, 0) is 6.42 Å². The Labute approximate surface area is 119 Å². The third kappa shape index (κ3) is 2.53. The molecule has 0 aliphatic carbocycles. The Morgan fingerprint density at radius 1 is 1.35 bits per heavy atom. The van der Waals surface area contributed by atoms with Crippen LogP contribution in [0.25, 0.3) is 0 Å². The van der Waals surface area contributed by atoms with Gasteiger partial charge in [0.25, 0.3) is 0 Å². The number of hydrogen-bond donors (Lipinski definition) is 1. The van der Waals surface area contributed by atoms with Gasteiger partial charge in [-0.25, -0.2) is 15.0 Å². The van der Waals surface area contributed by atoms with Crippen LogP contribution in [0.1, 0.15) is 49.6 Å². The molecule has 0 amide bonds. The summed E-state index contributed by atoms with van der Waals surface area (Å²) in [6, 6.07) is 2.42. The fourth-order valence-corrected chi connectivity index (χ4v) is 2.89. The molecule has 5 heteroatoms. The maximum Gasteiger partial charge on any atom is 0.133 e. The number of imidazole rings is 1. The van der Waals surface area contributed by atoms with Crippen LogP contribution in [0, 0.1) is 6.92 Å². The Bertz CT molecular complexity index is 564. The Morgan fingerprint density at radius 3 is 3.00 bits per heavy atom. The Kier molecular flexibility index (Phi) is 3.67. The largest absolute Gasteiger partial charge is 0.347 e. The number of anilines is 1. The molecule has 3 rings (SSSR count). The third-order valence-electron chi connectivity index (χ3n) is 3.87. The lowest BCUT2D eigenvalue weighted by Gasteiger charge is -2.35. The molecule has 20 heavy (non-hydrogen) atoms. The number of aromatic nitrogens is 4. The summed E-state index contributed by atoms with van der Waals surface area (Å²) in [7, 11) is 0. The quantitative estimate of drug-likeness (QED) is 0.932. The summed E-state index contributed by atoms with van der Waals surface area (Å²) in [5, 5.41) is 0.